The average molecular weight is 199 g/mol. The van der Waals surface area contributed by atoms with Crippen molar-refractivity contribution < 1.29 is 5.11 Å². The highest BCUT2D eigenvalue weighted by Gasteiger charge is 2.44. The first kappa shape index (κ1) is 12.0. The van der Waals surface area contributed by atoms with Gasteiger partial charge in [-0.3, -0.25) is 0 Å². The van der Waals surface area contributed by atoms with E-state index in [1.54, 1.807) is 0 Å². The van der Waals surface area contributed by atoms with E-state index in [0.717, 1.165) is 19.4 Å². The molecule has 1 unspecified atom stereocenters. The zero-order valence-corrected chi connectivity index (χ0v) is 10.1. The largest absolute Gasteiger partial charge is 0.388 e. The lowest BCUT2D eigenvalue weighted by atomic mass is 9.65. The molecule has 1 fully saturated rings. The van der Waals surface area contributed by atoms with E-state index in [1.165, 1.54) is 12.8 Å². The van der Waals surface area contributed by atoms with Crippen molar-refractivity contribution in [2.24, 2.45) is 5.41 Å². The van der Waals surface area contributed by atoms with Crippen LogP contribution >= 0.6 is 0 Å². The summed E-state index contributed by atoms with van der Waals surface area (Å²) in [5.41, 5.74) is -0.442. The summed E-state index contributed by atoms with van der Waals surface area (Å²) in [4.78, 5) is 0. The van der Waals surface area contributed by atoms with E-state index in [0.29, 0.717) is 6.04 Å². The maximum atomic E-state index is 10.6. The highest BCUT2D eigenvalue weighted by Crippen LogP contribution is 2.43. The molecule has 2 N–H and O–H groups in total. The van der Waals surface area contributed by atoms with Crippen LogP contribution in [0.4, 0.5) is 0 Å². The molecule has 0 aromatic rings. The van der Waals surface area contributed by atoms with Crippen LogP contribution in [0.25, 0.3) is 0 Å². The van der Waals surface area contributed by atoms with Gasteiger partial charge in [0.25, 0.3) is 0 Å². The topological polar surface area (TPSA) is 32.3 Å². The van der Waals surface area contributed by atoms with Crippen molar-refractivity contribution in [3.8, 4) is 0 Å². The predicted octanol–water partition coefficient (Wildman–Crippen LogP) is 2.32. The molecule has 1 aliphatic rings. The van der Waals surface area contributed by atoms with Crippen LogP contribution in [0.1, 0.15) is 53.4 Å². The summed E-state index contributed by atoms with van der Waals surface area (Å²) in [6.07, 6.45) is 4.51. The predicted molar refractivity (Wildman–Crippen MR) is 60.3 cm³/mol. The number of aliphatic hydroxyl groups is 1. The summed E-state index contributed by atoms with van der Waals surface area (Å²) in [6.45, 7) is 9.36. The van der Waals surface area contributed by atoms with Crippen LogP contribution < -0.4 is 5.32 Å². The van der Waals surface area contributed by atoms with Gasteiger partial charge in [-0.1, -0.05) is 40.5 Å². The Morgan fingerprint density at radius 2 is 1.79 bits per heavy atom. The molecule has 0 bridgehead atoms. The zero-order chi connectivity index (χ0) is 10.8. The average Bonchev–Trinajstić information content (AvgIpc) is 2.07. The first-order chi connectivity index (χ1) is 6.37. The number of rotatable bonds is 3. The summed E-state index contributed by atoms with van der Waals surface area (Å²) in [6, 6.07) is 0.455. The molecule has 0 spiro atoms. The molecule has 1 aliphatic carbocycles. The molecule has 1 atom stereocenters. The lowest BCUT2D eigenvalue weighted by Crippen LogP contribution is -2.54. The molecule has 0 aromatic heterocycles. The maximum Gasteiger partial charge on any atom is 0.0822 e. The second kappa shape index (κ2) is 4.19. The fourth-order valence-electron chi connectivity index (χ4n) is 2.26. The Morgan fingerprint density at radius 1 is 1.21 bits per heavy atom. The smallest absolute Gasteiger partial charge is 0.0822 e. The Hall–Kier alpha value is -0.0800. The van der Waals surface area contributed by atoms with Crippen molar-refractivity contribution in [1.82, 2.24) is 5.32 Å². The fraction of sp³-hybridized carbons (Fsp3) is 1.00. The first-order valence-corrected chi connectivity index (χ1v) is 5.83. The number of nitrogens with one attached hydrogen (secondary N) is 1. The van der Waals surface area contributed by atoms with Crippen molar-refractivity contribution in [3.63, 3.8) is 0 Å². The highest BCUT2D eigenvalue weighted by molar-refractivity contribution is 4.97. The van der Waals surface area contributed by atoms with Crippen LogP contribution in [0.5, 0.6) is 0 Å². The van der Waals surface area contributed by atoms with Crippen molar-refractivity contribution in [2.75, 3.05) is 6.54 Å². The van der Waals surface area contributed by atoms with Crippen LogP contribution in [0.15, 0.2) is 0 Å². The lowest BCUT2D eigenvalue weighted by molar-refractivity contribution is -0.0949. The molecule has 14 heavy (non-hydrogen) atoms. The van der Waals surface area contributed by atoms with Gasteiger partial charge < -0.3 is 10.4 Å². The highest BCUT2D eigenvalue weighted by atomic mass is 16.3. The maximum absolute atomic E-state index is 10.6. The summed E-state index contributed by atoms with van der Waals surface area (Å²) in [5.74, 6) is 0. The van der Waals surface area contributed by atoms with Gasteiger partial charge in [-0.25, -0.2) is 0 Å². The molecule has 0 aromatic carbocycles. The van der Waals surface area contributed by atoms with E-state index in [2.05, 4.69) is 33.0 Å². The number of hydrogen-bond acceptors (Lipinski definition) is 2. The number of hydrogen-bond donors (Lipinski definition) is 2. The van der Waals surface area contributed by atoms with E-state index < -0.39 is 5.60 Å². The van der Waals surface area contributed by atoms with Gasteiger partial charge in [0.15, 0.2) is 0 Å². The Bertz CT molecular complexity index is 189. The summed E-state index contributed by atoms with van der Waals surface area (Å²) in [7, 11) is 0. The van der Waals surface area contributed by atoms with E-state index in [4.69, 9.17) is 0 Å². The minimum absolute atomic E-state index is 0.0626. The normalized spacial score (nSPS) is 32.1. The van der Waals surface area contributed by atoms with Crippen LogP contribution in [0, 0.1) is 5.41 Å². The van der Waals surface area contributed by atoms with Gasteiger partial charge in [0, 0.05) is 12.6 Å². The Balaban J connectivity index is 2.59. The first-order valence-electron chi connectivity index (χ1n) is 5.83. The summed E-state index contributed by atoms with van der Waals surface area (Å²) < 4.78 is 0. The molecular weight excluding hydrogens is 174 g/mol. The Morgan fingerprint density at radius 3 is 2.29 bits per heavy atom. The van der Waals surface area contributed by atoms with Gasteiger partial charge in [-0.2, -0.15) is 0 Å². The molecule has 1 rings (SSSR count). The third-order valence-corrected chi connectivity index (χ3v) is 3.70. The van der Waals surface area contributed by atoms with E-state index in [9.17, 15) is 5.11 Å². The second-order valence-electron chi connectivity index (χ2n) is 5.66. The van der Waals surface area contributed by atoms with Gasteiger partial charge in [0.1, 0.15) is 0 Å². The van der Waals surface area contributed by atoms with Gasteiger partial charge in [-0.05, 0) is 18.3 Å². The molecule has 0 heterocycles. The monoisotopic (exact) mass is 199 g/mol. The molecule has 0 saturated heterocycles. The second-order valence-corrected chi connectivity index (χ2v) is 5.66. The third-order valence-electron chi connectivity index (χ3n) is 3.70. The van der Waals surface area contributed by atoms with Crippen molar-refractivity contribution in [1.29, 1.82) is 0 Å². The van der Waals surface area contributed by atoms with Crippen LogP contribution in [0.3, 0.4) is 0 Å². The Labute approximate surface area is 88.1 Å². The molecule has 1 saturated carbocycles. The van der Waals surface area contributed by atoms with E-state index >= 15 is 0 Å². The molecule has 84 valence electrons. The summed E-state index contributed by atoms with van der Waals surface area (Å²) in [5, 5.41) is 13.9. The van der Waals surface area contributed by atoms with E-state index in [-0.39, 0.29) is 5.41 Å². The molecule has 0 amide bonds. The van der Waals surface area contributed by atoms with Crippen molar-refractivity contribution in [3.05, 3.63) is 0 Å². The van der Waals surface area contributed by atoms with Crippen molar-refractivity contribution in [2.45, 2.75) is 65.0 Å². The molecule has 0 aliphatic heterocycles. The fourth-order valence-corrected chi connectivity index (χ4v) is 2.26. The van der Waals surface area contributed by atoms with Gasteiger partial charge in [-0.15, -0.1) is 0 Å². The molecular formula is C12H25NO. The minimum atomic E-state index is -0.504. The van der Waals surface area contributed by atoms with Gasteiger partial charge in [0.2, 0.25) is 0 Å². The zero-order valence-electron chi connectivity index (χ0n) is 10.1. The minimum Gasteiger partial charge on any atom is -0.388 e. The van der Waals surface area contributed by atoms with Crippen LogP contribution in [-0.2, 0) is 0 Å². The molecule has 2 nitrogen and oxygen atoms in total. The standard InChI is InChI=1S/C12H25NO/c1-10(2)13-9-12(14)8-6-5-7-11(12,3)4/h10,13-14H,5-9H2,1-4H3. The molecule has 2 heteroatoms. The van der Waals surface area contributed by atoms with Crippen LogP contribution in [-0.4, -0.2) is 23.3 Å². The van der Waals surface area contributed by atoms with Crippen molar-refractivity contribution >= 4 is 0 Å². The third kappa shape index (κ3) is 2.48. The quantitative estimate of drug-likeness (QED) is 0.731. The van der Waals surface area contributed by atoms with E-state index in [1.807, 2.05) is 0 Å². The van der Waals surface area contributed by atoms with Crippen LogP contribution in [0.2, 0.25) is 0 Å². The lowest BCUT2D eigenvalue weighted by Gasteiger charge is -2.47. The van der Waals surface area contributed by atoms with Gasteiger partial charge >= 0.3 is 0 Å². The SMILES string of the molecule is CC(C)NCC1(O)CCCCC1(C)C. The Kier molecular flexibility index (Phi) is 3.59. The molecule has 0 radical (unpaired) electrons. The van der Waals surface area contributed by atoms with Gasteiger partial charge in [0.05, 0.1) is 5.60 Å². The summed E-state index contributed by atoms with van der Waals surface area (Å²) >= 11 is 0.